The summed E-state index contributed by atoms with van der Waals surface area (Å²) in [4.78, 5) is 28.9. The van der Waals surface area contributed by atoms with Gasteiger partial charge in [-0.2, -0.15) is 0 Å². The maximum Gasteiger partial charge on any atom is 0.323 e. The molecule has 0 saturated carbocycles. The lowest BCUT2D eigenvalue weighted by Gasteiger charge is -2.08. The molecule has 0 atom stereocenters. The van der Waals surface area contributed by atoms with Crippen LogP contribution in [0.4, 0.5) is 5.69 Å². The lowest BCUT2D eigenvalue weighted by Crippen LogP contribution is -2.11. The van der Waals surface area contributed by atoms with Crippen molar-refractivity contribution in [3.8, 4) is 5.75 Å². The smallest absolute Gasteiger partial charge is 0.323 e. The van der Waals surface area contributed by atoms with Crippen LogP contribution < -0.4 is 15.7 Å². The van der Waals surface area contributed by atoms with Gasteiger partial charge < -0.3 is 20.0 Å². The van der Waals surface area contributed by atoms with Crippen molar-refractivity contribution in [1.29, 1.82) is 0 Å². The molecule has 0 fully saturated rings. The predicted molar refractivity (Wildman–Crippen MR) is 93.7 cm³/mol. The fraction of sp³-hybridized carbons (Fsp3) is 0.222. The number of anilines is 1. The fourth-order valence-electron chi connectivity index (χ4n) is 2.35. The molecule has 1 aromatic heterocycles. The van der Waals surface area contributed by atoms with Gasteiger partial charge in [0.05, 0.1) is 17.6 Å². The number of carbonyl (C=O) groups is 1. The largest absolute Gasteiger partial charge is 0.494 e. The average Bonchev–Trinajstić information content (AvgIpc) is 2.95. The number of carbonyl (C=O) groups excluding carboxylic acids is 1. The van der Waals surface area contributed by atoms with Gasteiger partial charge in [0, 0.05) is 11.3 Å². The first-order valence-corrected chi connectivity index (χ1v) is 7.92. The molecule has 1 amide bonds. The summed E-state index contributed by atoms with van der Waals surface area (Å²) in [5, 5.41) is 2.82. The highest BCUT2D eigenvalue weighted by Crippen LogP contribution is 2.17. The SMILES string of the molecule is CCCCOc1ccc(C(=O)Nc2ccc3[nH]c(=O)[nH]c3c2)cc1. The molecule has 0 aliphatic carbocycles. The van der Waals surface area contributed by atoms with Crippen LogP contribution in [0.25, 0.3) is 11.0 Å². The van der Waals surface area contributed by atoms with Crippen molar-refractivity contribution in [2.24, 2.45) is 0 Å². The van der Waals surface area contributed by atoms with Gasteiger partial charge in [0.1, 0.15) is 5.75 Å². The van der Waals surface area contributed by atoms with Crippen LogP contribution in [-0.2, 0) is 0 Å². The van der Waals surface area contributed by atoms with Crippen LogP contribution in [0, 0.1) is 0 Å². The summed E-state index contributed by atoms with van der Waals surface area (Å²) in [6.45, 7) is 2.79. The number of hydrogen-bond donors (Lipinski definition) is 3. The number of ether oxygens (including phenoxy) is 1. The zero-order valence-electron chi connectivity index (χ0n) is 13.4. The maximum absolute atomic E-state index is 12.3. The summed E-state index contributed by atoms with van der Waals surface area (Å²) in [6, 6.07) is 12.2. The minimum Gasteiger partial charge on any atom is -0.494 e. The molecule has 1 heterocycles. The topological polar surface area (TPSA) is 87.0 Å². The normalized spacial score (nSPS) is 10.7. The number of imidazole rings is 1. The number of aromatic amines is 2. The molecular weight excluding hydrogens is 306 g/mol. The standard InChI is InChI=1S/C18H19N3O3/c1-2-3-10-24-14-7-4-12(5-8-14)17(22)19-13-6-9-15-16(11-13)21-18(23)20-15/h4-9,11H,2-3,10H2,1H3,(H,19,22)(H2,20,21,23). The van der Waals surface area contributed by atoms with E-state index in [1.807, 2.05) is 0 Å². The van der Waals surface area contributed by atoms with Crippen LogP contribution in [0.2, 0.25) is 0 Å². The Morgan fingerprint density at radius 2 is 1.83 bits per heavy atom. The fourth-order valence-corrected chi connectivity index (χ4v) is 2.35. The van der Waals surface area contributed by atoms with Gasteiger partial charge in [0.2, 0.25) is 0 Å². The van der Waals surface area contributed by atoms with Crippen LogP contribution in [0.1, 0.15) is 30.1 Å². The Morgan fingerprint density at radius 3 is 2.58 bits per heavy atom. The van der Waals surface area contributed by atoms with Crippen molar-refractivity contribution in [2.75, 3.05) is 11.9 Å². The maximum atomic E-state index is 12.3. The average molecular weight is 325 g/mol. The van der Waals surface area contributed by atoms with Crippen molar-refractivity contribution in [1.82, 2.24) is 9.97 Å². The predicted octanol–water partition coefficient (Wildman–Crippen LogP) is 3.29. The van der Waals surface area contributed by atoms with Crippen LogP contribution in [0.15, 0.2) is 47.3 Å². The van der Waals surface area contributed by atoms with E-state index in [2.05, 4.69) is 22.2 Å². The van der Waals surface area contributed by atoms with E-state index in [1.54, 1.807) is 42.5 Å². The van der Waals surface area contributed by atoms with E-state index < -0.39 is 0 Å². The van der Waals surface area contributed by atoms with E-state index >= 15 is 0 Å². The number of nitrogens with one attached hydrogen (secondary N) is 3. The van der Waals surface area contributed by atoms with Crippen molar-refractivity contribution in [3.63, 3.8) is 0 Å². The van der Waals surface area contributed by atoms with Crippen molar-refractivity contribution in [2.45, 2.75) is 19.8 Å². The van der Waals surface area contributed by atoms with E-state index in [4.69, 9.17) is 4.74 Å². The number of fused-ring (bicyclic) bond motifs is 1. The third-order valence-corrected chi connectivity index (χ3v) is 3.66. The first-order chi connectivity index (χ1) is 11.7. The molecule has 0 radical (unpaired) electrons. The van der Waals surface area contributed by atoms with Gasteiger partial charge in [0.15, 0.2) is 0 Å². The highest BCUT2D eigenvalue weighted by Gasteiger charge is 2.07. The number of rotatable bonds is 6. The quantitative estimate of drug-likeness (QED) is 0.608. The summed E-state index contributed by atoms with van der Waals surface area (Å²) in [5.41, 5.74) is 2.24. The Labute approximate surface area is 138 Å². The molecule has 3 N–H and O–H groups in total. The zero-order valence-corrected chi connectivity index (χ0v) is 13.4. The third kappa shape index (κ3) is 3.65. The second-order valence-corrected chi connectivity index (χ2v) is 5.52. The van der Waals surface area contributed by atoms with Gasteiger partial charge in [-0.1, -0.05) is 13.3 Å². The van der Waals surface area contributed by atoms with E-state index in [0.29, 0.717) is 28.9 Å². The molecule has 0 unspecified atom stereocenters. The molecule has 24 heavy (non-hydrogen) atoms. The lowest BCUT2D eigenvalue weighted by molar-refractivity contribution is 0.102. The lowest BCUT2D eigenvalue weighted by atomic mass is 10.2. The van der Waals surface area contributed by atoms with E-state index in [0.717, 1.165) is 18.6 Å². The number of hydrogen-bond acceptors (Lipinski definition) is 3. The number of amides is 1. The van der Waals surface area contributed by atoms with Gasteiger partial charge >= 0.3 is 5.69 Å². The molecule has 3 aromatic rings. The Hall–Kier alpha value is -3.02. The Kier molecular flexibility index (Phi) is 4.65. The number of benzene rings is 2. The minimum absolute atomic E-state index is 0.215. The first kappa shape index (κ1) is 15.9. The second-order valence-electron chi connectivity index (χ2n) is 5.52. The van der Waals surface area contributed by atoms with Gasteiger partial charge in [0.25, 0.3) is 5.91 Å². The van der Waals surface area contributed by atoms with E-state index in [-0.39, 0.29) is 11.6 Å². The van der Waals surface area contributed by atoms with Crippen LogP contribution >= 0.6 is 0 Å². The van der Waals surface area contributed by atoms with Crippen LogP contribution in [0.3, 0.4) is 0 Å². The molecule has 0 bridgehead atoms. The number of H-pyrrole nitrogens is 2. The minimum atomic E-state index is -0.271. The number of aromatic nitrogens is 2. The summed E-state index contributed by atoms with van der Waals surface area (Å²) < 4.78 is 5.58. The van der Waals surface area contributed by atoms with E-state index in [1.165, 1.54) is 0 Å². The summed E-state index contributed by atoms with van der Waals surface area (Å²) in [5.74, 6) is 0.540. The van der Waals surface area contributed by atoms with E-state index in [9.17, 15) is 9.59 Å². The number of unbranched alkanes of at least 4 members (excludes halogenated alkanes) is 1. The summed E-state index contributed by atoms with van der Waals surface area (Å²) in [6.07, 6.45) is 2.09. The van der Waals surface area contributed by atoms with Crippen molar-refractivity contribution < 1.29 is 9.53 Å². The van der Waals surface area contributed by atoms with Crippen LogP contribution in [0.5, 0.6) is 5.75 Å². The molecule has 6 nitrogen and oxygen atoms in total. The molecule has 2 aromatic carbocycles. The van der Waals surface area contributed by atoms with Crippen molar-refractivity contribution >= 4 is 22.6 Å². The van der Waals surface area contributed by atoms with Crippen molar-refractivity contribution in [3.05, 3.63) is 58.5 Å². The molecule has 0 saturated heterocycles. The Balaban J connectivity index is 1.67. The van der Waals surface area contributed by atoms with Gasteiger partial charge in [-0.15, -0.1) is 0 Å². The summed E-state index contributed by atoms with van der Waals surface area (Å²) >= 11 is 0. The molecule has 0 aliphatic rings. The molecule has 0 spiro atoms. The van der Waals surface area contributed by atoms with Crippen LogP contribution in [-0.4, -0.2) is 22.5 Å². The van der Waals surface area contributed by atoms with Gasteiger partial charge in [-0.05, 0) is 48.9 Å². The first-order valence-electron chi connectivity index (χ1n) is 7.92. The Bertz CT molecular complexity index is 894. The molecule has 124 valence electrons. The third-order valence-electron chi connectivity index (χ3n) is 3.66. The zero-order chi connectivity index (χ0) is 16.9. The second kappa shape index (κ2) is 7.04. The molecule has 6 heteroatoms. The van der Waals surface area contributed by atoms with Gasteiger partial charge in [-0.25, -0.2) is 4.79 Å². The Morgan fingerprint density at radius 1 is 1.08 bits per heavy atom. The molecular formula is C18H19N3O3. The van der Waals surface area contributed by atoms with Gasteiger partial charge in [-0.3, -0.25) is 4.79 Å². The summed E-state index contributed by atoms with van der Waals surface area (Å²) in [7, 11) is 0. The molecule has 3 rings (SSSR count). The monoisotopic (exact) mass is 325 g/mol. The molecule has 0 aliphatic heterocycles. The highest BCUT2D eigenvalue weighted by atomic mass is 16.5. The highest BCUT2D eigenvalue weighted by molar-refractivity contribution is 6.05.